The van der Waals surface area contributed by atoms with E-state index >= 15 is 0 Å². The van der Waals surface area contributed by atoms with Gasteiger partial charge in [-0.1, -0.05) is 22.9 Å². The number of anilines is 1. The van der Waals surface area contributed by atoms with Gasteiger partial charge in [-0.3, -0.25) is 4.72 Å². The zero-order valence-electron chi connectivity index (χ0n) is 18.0. The summed E-state index contributed by atoms with van der Waals surface area (Å²) in [4.78, 5) is 10.6. The molecule has 15 heteroatoms. The summed E-state index contributed by atoms with van der Waals surface area (Å²) in [6.07, 6.45) is -12.1. The predicted molar refractivity (Wildman–Crippen MR) is 120 cm³/mol. The van der Waals surface area contributed by atoms with Gasteiger partial charge in [0.05, 0.1) is 16.0 Å². The molecule has 1 heterocycles. The standard InChI is InChI=1S/C21H14ClF6NO5S2/c1-9-4-17(10(2)3-14(9)22)36(32,33)29-15-8-16(35-18(15)34-19(30)31)11-5-12(20(23,24)25)7-13(6-11)21(26,27)28/h3-8,29H,1-2H3,(H,30,31). The normalized spacial score (nSPS) is 12.5. The van der Waals surface area contributed by atoms with E-state index in [1.807, 2.05) is 0 Å². The molecule has 3 rings (SSSR count). The highest BCUT2D eigenvalue weighted by Crippen LogP contribution is 2.45. The van der Waals surface area contributed by atoms with Crippen LogP contribution in [0.3, 0.4) is 0 Å². The van der Waals surface area contributed by atoms with E-state index in [1.54, 1.807) is 0 Å². The number of benzene rings is 2. The molecule has 0 fully saturated rings. The molecule has 0 atom stereocenters. The van der Waals surface area contributed by atoms with Crippen molar-refractivity contribution in [3.63, 3.8) is 0 Å². The van der Waals surface area contributed by atoms with E-state index in [0.29, 0.717) is 29.0 Å². The van der Waals surface area contributed by atoms with Crippen LogP contribution in [-0.4, -0.2) is 19.7 Å². The topological polar surface area (TPSA) is 92.7 Å². The minimum Gasteiger partial charge on any atom is -0.449 e. The largest absolute Gasteiger partial charge is 0.512 e. The van der Waals surface area contributed by atoms with Crippen molar-refractivity contribution in [3.8, 4) is 15.5 Å². The number of thiophene rings is 1. The van der Waals surface area contributed by atoms with E-state index in [0.717, 1.165) is 6.07 Å². The second-order valence-corrected chi connectivity index (χ2v) is 10.5. The lowest BCUT2D eigenvalue weighted by molar-refractivity contribution is -0.143. The van der Waals surface area contributed by atoms with E-state index in [1.165, 1.54) is 26.0 Å². The van der Waals surface area contributed by atoms with Crippen LogP contribution in [0.5, 0.6) is 5.06 Å². The molecule has 0 aliphatic heterocycles. The summed E-state index contributed by atoms with van der Waals surface area (Å²) < 4.78 is 112. The summed E-state index contributed by atoms with van der Waals surface area (Å²) in [6, 6.07) is 4.29. The van der Waals surface area contributed by atoms with E-state index < -0.39 is 56.0 Å². The molecule has 0 saturated heterocycles. The lowest BCUT2D eigenvalue weighted by atomic mass is 10.0. The third kappa shape index (κ3) is 6.05. The summed E-state index contributed by atoms with van der Waals surface area (Å²) in [7, 11) is -4.41. The van der Waals surface area contributed by atoms with Gasteiger partial charge in [0.15, 0.2) is 0 Å². The lowest BCUT2D eigenvalue weighted by Crippen LogP contribution is -2.15. The maximum absolute atomic E-state index is 13.2. The molecule has 0 aliphatic rings. The van der Waals surface area contributed by atoms with E-state index in [9.17, 15) is 39.6 Å². The fourth-order valence-electron chi connectivity index (χ4n) is 3.08. The Morgan fingerprint density at radius 2 is 1.50 bits per heavy atom. The molecular weight excluding hydrogens is 560 g/mol. The zero-order chi connectivity index (χ0) is 27.2. The molecular formula is C21H14ClF6NO5S2. The van der Waals surface area contributed by atoms with Crippen LogP contribution in [0, 0.1) is 13.8 Å². The van der Waals surface area contributed by atoms with Gasteiger partial charge in [-0.2, -0.15) is 26.3 Å². The summed E-state index contributed by atoms with van der Waals surface area (Å²) in [5.41, 5.74) is -3.66. The van der Waals surface area contributed by atoms with Crippen molar-refractivity contribution in [1.29, 1.82) is 0 Å². The van der Waals surface area contributed by atoms with Crippen molar-refractivity contribution in [3.05, 3.63) is 63.7 Å². The Labute approximate surface area is 209 Å². The molecule has 0 unspecified atom stereocenters. The molecule has 0 bridgehead atoms. The quantitative estimate of drug-likeness (QED) is 0.242. The smallest absolute Gasteiger partial charge is 0.449 e. The first kappa shape index (κ1) is 27.6. The number of halogens is 7. The number of carbonyl (C=O) groups is 1. The van der Waals surface area contributed by atoms with Gasteiger partial charge in [-0.25, -0.2) is 13.2 Å². The maximum Gasteiger partial charge on any atom is 0.512 e. The average molecular weight is 574 g/mol. The maximum atomic E-state index is 13.2. The van der Waals surface area contributed by atoms with Crippen LogP contribution < -0.4 is 9.46 Å². The number of nitrogens with one attached hydrogen (secondary N) is 1. The van der Waals surface area contributed by atoms with Gasteiger partial charge in [-0.05, 0) is 66.9 Å². The van der Waals surface area contributed by atoms with Crippen molar-refractivity contribution in [1.82, 2.24) is 0 Å². The number of carboxylic acid groups (broad SMARTS) is 1. The van der Waals surface area contributed by atoms with Crippen LogP contribution in [0.1, 0.15) is 22.3 Å². The van der Waals surface area contributed by atoms with Crippen LogP contribution >= 0.6 is 22.9 Å². The van der Waals surface area contributed by atoms with E-state index in [-0.39, 0.29) is 26.4 Å². The van der Waals surface area contributed by atoms with Gasteiger partial charge in [0.1, 0.15) is 5.69 Å². The van der Waals surface area contributed by atoms with Gasteiger partial charge in [0, 0.05) is 9.90 Å². The van der Waals surface area contributed by atoms with Gasteiger partial charge in [-0.15, -0.1) is 0 Å². The number of hydrogen-bond acceptors (Lipinski definition) is 5. The molecule has 0 spiro atoms. The molecule has 0 aliphatic carbocycles. The average Bonchev–Trinajstić information content (AvgIpc) is 3.10. The molecule has 1 aromatic heterocycles. The summed E-state index contributed by atoms with van der Waals surface area (Å²) in [6.45, 7) is 2.98. The predicted octanol–water partition coefficient (Wildman–Crippen LogP) is 7.58. The van der Waals surface area contributed by atoms with Crippen molar-refractivity contribution in [2.24, 2.45) is 0 Å². The van der Waals surface area contributed by atoms with Gasteiger partial charge in [0.2, 0.25) is 5.06 Å². The summed E-state index contributed by atoms with van der Waals surface area (Å²) in [5.74, 6) is 0. The molecule has 3 aromatic rings. The second-order valence-electron chi connectivity index (χ2n) is 7.45. The van der Waals surface area contributed by atoms with Crippen molar-refractivity contribution in [2.75, 3.05) is 4.72 Å². The monoisotopic (exact) mass is 573 g/mol. The van der Waals surface area contributed by atoms with Gasteiger partial charge < -0.3 is 9.84 Å². The minimum absolute atomic E-state index is 0.0684. The number of ether oxygens (including phenoxy) is 1. The third-order valence-electron chi connectivity index (χ3n) is 4.74. The van der Waals surface area contributed by atoms with Crippen LogP contribution in [0.4, 0.5) is 36.8 Å². The first-order chi connectivity index (χ1) is 16.4. The molecule has 2 aromatic carbocycles. The van der Waals surface area contributed by atoms with Crippen molar-refractivity contribution in [2.45, 2.75) is 31.1 Å². The highest BCUT2D eigenvalue weighted by molar-refractivity contribution is 7.92. The van der Waals surface area contributed by atoms with Gasteiger partial charge in [0.25, 0.3) is 10.0 Å². The van der Waals surface area contributed by atoms with Crippen LogP contribution in [0.25, 0.3) is 10.4 Å². The Balaban J connectivity index is 2.16. The first-order valence-corrected chi connectivity index (χ1v) is 12.2. The van der Waals surface area contributed by atoms with E-state index in [4.69, 9.17) is 16.7 Å². The Hall–Kier alpha value is -2.97. The summed E-state index contributed by atoms with van der Waals surface area (Å²) in [5, 5.41) is 8.66. The molecule has 194 valence electrons. The lowest BCUT2D eigenvalue weighted by Gasteiger charge is -2.13. The number of hydrogen-bond donors (Lipinski definition) is 2. The van der Waals surface area contributed by atoms with Crippen molar-refractivity contribution >= 4 is 44.8 Å². The summed E-state index contributed by atoms with van der Waals surface area (Å²) >= 11 is 6.32. The highest BCUT2D eigenvalue weighted by atomic mass is 35.5. The molecule has 2 N–H and O–H groups in total. The third-order valence-corrected chi connectivity index (χ3v) is 7.72. The minimum atomic E-state index is -5.12. The molecule has 36 heavy (non-hydrogen) atoms. The Kier molecular flexibility index (Phi) is 7.27. The fraction of sp³-hybridized carbons (Fsp3) is 0.190. The second kappa shape index (κ2) is 9.48. The Bertz CT molecular complexity index is 1420. The molecule has 0 amide bonds. The molecule has 6 nitrogen and oxygen atoms in total. The highest BCUT2D eigenvalue weighted by Gasteiger charge is 2.37. The van der Waals surface area contributed by atoms with Crippen LogP contribution in [0.15, 0.2) is 41.3 Å². The molecule has 0 saturated carbocycles. The zero-order valence-corrected chi connectivity index (χ0v) is 20.4. The van der Waals surface area contributed by atoms with Crippen LogP contribution in [0.2, 0.25) is 5.02 Å². The number of rotatable bonds is 5. The van der Waals surface area contributed by atoms with Crippen molar-refractivity contribution < 1.29 is 49.4 Å². The van der Waals surface area contributed by atoms with Gasteiger partial charge >= 0.3 is 18.5 Å². The fourth-order valence-corrected chi connectivity index (χ4v) is 5.68. The SMILES string of the molecule is Cc1cc(S(=O)(=O)Nc2cc(-c3cc(C(F)(F)F)cc(C(F)(F)F)c3)sc2OC(=O)O)c(C)cc1Cl. The number of sulfonamides is 1. The number of alkyl halides is 6. The van der Waals surface area contributed by atoms with E-state index in [2.05, 4.69) is 9.46 Å². The Morgan fingerprint density at radius 1 is 0.944 bits per heavy atom. The number of aryl methyl sites for hydroxylation is 2. The Morgan fingerprint density at radius 3 is 2.00 bits per heavy atom. The molecule has 0 radical (unpaired) electrons. The first-order valence-electron chi connectivity index (χ1n) is 9.52. The van der Waals surface area contributed by atoms with Crippen LogP contribution in [-0.2, 0) is 22.4 Å².